The van der Waals surface area contributed by atoms with E-state index in [2.05, 4.69) is 24.9 Å². The van der Waals surface area contributed by atoms with Crippen molar-refractivity contribution in [1.29, 1.82) is 0 Å². The van der Waals surface area contributed by atoms with Crippen molar-refractivity contribution in [2.24, 2.45) is 5.92 Å². The van der Waals surface area contributed by atoms with Crippen LogP contribution in [0.25, 0.3) is 11.3 Å². The number of fused-ring (bicyclic) bond motifs is 3. The van der Waals surface area contributed by atoms with Gasteiger partial charge in [0.05, 0.1) is 5.69 Å². The highest BCUT2D eigenvalue weighted by Gasteiger charge is 2.37. The zero-order valence-corrected chi connectivity index (χ0v) is 14.3. The zero-order chi connectivity index (χ0) is 16.8. The highest BCUT2D eigenvalue weighted by molar-refractivity contribution is 5.71. The molecule has 0 aliphatic heterocycles. The predicted molar refractivity (Wildman–Crippen MR) is 92.9 cm³/mol. The van der Waals surface area contributed by atoms with Crippen molar-refractivity contribution >= 4 is 0 Å². The van der Waals surface area contributed by atoms with Gasteiger partial charge in [-0.05, 0) is 24.3 Å². The third kappa shape index (κ3) is 2.46. The van der Waals surface area contributed by atoms with Crippen LogP contribution in [-0.2, 0) is 18.4 Å². The minimum atomic E-state index is -0.308. The van der Waals surface area contributed by atoms with E-state index in [1.807, 2.05) is 32.0 Å². The molecule has 3 rings (SSSR count). The van der Waals surface area contributed by atoms with E-state index in [0.29, 0.717) is 12.2 Å². The van der Waals surface area contributed by atoms with Gasteiger partial charge in [0.1, 0.15) is 0 Å². The Labute approximate surface area is 136 Å². The molecule has 1 unspecified atom stereocenters. The Bertz CT molecular complexity index is 860. The summed E-state index contributed by atoms with van der Waals surface area (Å²) in [5.74, 6) is 0.246. The minimum Gasteiger partial charge on any atom is -0.306 e. The molecule has 1 aromatic heterocycles. The quantitative estimate of drug-likeness (QED) is 0.947. The van der Waals surface area contributed by atoms with Gasteiger partial charge in [-0.2, -0.15) is 0 Å². The molecule has 0 radical (unpaired) electrons. The lowest BCUT2D eigenvalue weighted by molar-refractivity contribution is 0.422. The van der Waals surface area contributed by atoms with E-state index in [0.717, 1.165) is 24.0 Å². The van der Waals surface area contributed by atoms with Gasteiger partial charge in [-0.25, -0.2) is 4.79 Å². The maximum atomic E-state index is 13.1. The second-order valence-electron chi connectivity index (χ2n) is 7.24. The van der Waals surface area contributed by atoms with Crippen LogP contribution in [0.3, 0.4) is 0 Å². The Morgan fingerprint density at radius 2 is 1.96 bits per heavy atom. The van der Waals surface area contributed by atoms with Gasteiger partial charge in [-0.15, -0.1) is 0 Å². The summed E-state index contributed by atoms with van der Waals surface area (Å²) in [5, 5.41) is 0. The van der Waals surface area contributed by atoms with Crippen LogP contribution in [0.1, 0.15) is 45.2 Å². The standard InChI is InChI=1S/C19H24N2O2/c1-5-19(4)10-13-8-6-7-9-14(13)16-15(19)17(22)21(11-12(2)3)18(23)20-16/h6-9,12H,5,10-11H2,1-4H3,(H,20,23). The van der Waals surface area contributed by atoms with E-state index in [1.165, 1.54) is 10.1 Å². The number of hydrogen-bond acceptors (Lipinski definition) is 2. The SMILES string of the molecule is CCC1(C)Cc2ccccc2-c2[nH]c(=O)n(CC(C)C)c(=O)c21. The van der Waals surface area contributed by atoms with Crippen molar-refractivity contribution in [2.45, 2.75) is 52.5 Å². The Balaban J connectivity index is 2.37. The van der Waals surface area contributed by atoms with Gasteiger partial charge in [0.25, 0.3) is 5.56 Å². The fourth-order valence-corrected chi connectivity index (χ4v) is 3.59. The lowest BCUT2D eigenvalue weighted by Crippen LogP contribution is -2.45. The van der Waals surface area contributed by atoms with Gasteiger partial charge in [-0.3, -0.25) is 9.36 Å². The topological polar surface area (TPSA) is 54.9 Å². The third-order valence-corrected chi connectivity index (χ3v) is 4.99. The van der Waals surface area contributed by atoms with Crippen LogP contribution < -0.4 is 11.2 Å². The summed E-state index contributed by atoms with van der Waals surface area (Å²) >= 11 is 0. The third-order valence-electron chi connectivity index (χ3n) is 4.99. The molecule has 1 heterocycles. The minimum absolute atomic E-state index is 0.128. The van der Waals surface area contributed by atoms with Crippen molar-refractivity contribution in [3.63, 3.8) is 0 Å². The van der Waals surface area contributed by atoms with E-state index in [1.54, 1.807) is 0 Å². The summed E-state index contributed by atoms with van der Waals surface area (Å²) in [5.41, 5.74) is 2.98. The Hall–Kier alpha value is -2.10. The first-order valence-electron chi connectivity index (χ1n) is 8.33. The van der Waals surface area contributed by atoms with Crippen LogP contribution in [-0.4, -0.2) is 9.55 Å². The smallest absolute Gasteiger partial charge is 0.306 e. The van der Waals surface area contributed by atoms with E-state index < -0.39 is 0 Å². The lowest BCUT2D eigenvalue weighted by Gasteiger charge is -2.35. The van der Waals surface area contributed by atoms with Gasteiger partial charge >= 0.3 is 5.69 Å². The number of aromatic nitrogens is 2. The molecule has 1 aromatic carbocycles. The van der Waals surface area contributed by atoms with Gasteiger partial charge in [0.15, 0.2) is 0 Å². The van der Waals surface area contributed by atoms with Crippen LogP contribution >= 0.6 is 0 Å². The summed E-state index contributed by atoms with van der Waals surface area (Å²) < 4.78 is 1.37. The van der Waals surface area contributed by atoms with E-state index in [4.69, 9.17) is 0 Å². The van der Waals surface area contributed by atoms with Crippen molar-refractivity contribution in [3.05, 3.63) is 56.2 Å². The lowest BCUT2D eigenvalue weighted by atomic mass is 9.69. The number of nitrogens with one attached hydrogen (secondary N) is 1. The predicted octanol–water partition coefficient (Wildman–Crippen LogP) is 3.08. The fourth-order valence-electron chi connectivity index (χ4n) is 3.59. The highest BCUT2D eigenvalue weighted by atomic mass is 16.2. The molecule has 0 saturated carbocycles. The summed E-state index contributed by atoms with van der Waals surface area (Å²) in [7, 11) is 0. The molecule has 23 heavy (non-hydrogen) atoms. The highest BCUT2D eigenvalue weighted by Crippen LogP contribution is 2.41. The molecule has 1 N–H and O–H groups in total. The molecule has 4 heteroatoms. The van der Waals surface area contributed by atoms with Crippen LogP contribution in [0, 0.1) is 5.92 Å². The molecule has 122 valence electrons. The largest absolute Gasteiger partial charge is 0.328 e. The first-order chi connectivity index (χ1) is 10.9. The summed E-state index contributed by atoms with van der Waals surface area (Å²) in [4.78, 5) is 28.6. The molecule has 0 spiro atoms. The van der Waals surface area contributed by atoms with Gasteiger partial charge < -0.3 is 4.98 Å². The zero-order valence-electron chi connectivity index (χ0n) is 14.3. The van der Waals surface area contributed by atoms with Crippen LogP contribution in [0.2, 0.25) is 0 Å². The maximum absolute atomic E-state index is 13.1. The van der Waals surface area contributed by atoms with Gasteiger partial charge in [0.2, 0.25) is 0 Å². The molecule has 0 saturated heterocycles. The average Bonchev–Trinajstić information content (AvgIpc) is 2.50. The first-order valence-corrected chi connectivity index (χ1v) is 8.33. The van der Waals surface area contributed by atoms with Gasteiger partial charge in [-0.1, -0.05) is 52.0 Å². The van der Waals surface area contributed by atoms with Crippen molar-refractivity contribution in [1.82, 2.24) is 9.55 Å². The number of rotatable bonds is 3. The summed E-state index contributed by atoms with van der Waals surface area (Å²) in [6.07, 6.45) is 1.69. The molecule has 0 fully saturated rings. The average molecular weight is 312 g/mol. The number of H-pyrrole nitrogens is 1. The molecule has 0 bridgehead atoms. The number of nitrogens with zero attached hydrogens (tertiary/aromatic N) is 1. The van der Waals surface area contributed by atoms with Crippen molar-refractivity contribution in [3.8, 4) is 11.3 Å². The maximum Gasteiger partial charge on any atom is 0.328 e. The van der Waals surface area contributed by atoms with E-state index >= 15 is 0 Å². The number of benzene rings is 1. The molecule has 1 aliphatic carbocycles. The van der Waals surface area contributed by atoms with Crippen LogP contribution in [0.15, 0.2) is 33.9 Å². The Morgan fingerprint density at radius 1 is 1.26 bits per heavy atom. The fraction of sp³-hybridized carbons (Fsp3) is 0.474. The number of aromatic amines is 1. The van der Waals surface area contributed by atoms with Crippen molar-refractivity contribution < 1.29 is 0 Å². The van der Waals surface area contributed by atoms with Crippen LogP contribution in [0.5, 0.6) is 0 Å². The second-order valence-corrected chi connectivity index (χ2v) is 7.24. The summed E-state index contributed by atoms with van der Waals surface area (Å²) in [6, 6.07) is 8.04. The Morgan fingerprint density at radius 3 is 2.61 bits per heavy atom. The van der Waals surface area contributed by atoms with Crippen molar-refractivity contribution in [2.75, 3.05) is 0 Å². The molecule has 1 atom stereocenters. The Kier molecular flexibility index (Phi) is 3.78. The van der Waals surface area contributed by atoms with Crippen LogP contribution in [0.4, 0.5) is 0 Å². The number of hydrogen-bond donors (Lipinski definition) is 1. The summed E-state index contributed by atoms with van der Waals surface area (Å²) in [6.45, 7) is 8.71. The second kappa shape index (κ2) is 5.52. The molecule has 0 amide bonds. The van der Waals surface area contributed by atoms with E-state index in [-0.39, 0.29) is 22.6 Å². The first kappa shape index (κ1) is 15.8. The van der Waals surface area contributed by atoms with Gasteiger partial charge in [0, 0.05) is 23.1 Å². The molecule has 2 aromatic rings. The molecular weight excluding hydrogens is 288 g/mol. The normalized spacial score (nSPS) is 19.5. The monoisotopic (exact) mass is 312 g/mol. The molecule has 1 aliphatic rings. The van der Waals surface area contributed by atoms with E-state index in [9.17, 15) is 9.59 Å². The molecular formula is C19H24N2O2. The molecule has 4 nitrogen and oxygen atoms in total.